The van der Waals surface area contributed by atoms with Crippen molar-refractivity contribution in [3.63, 3.8) is 0 Å². The average molecular weight is 722 g/mol. The molecule has 3 aliphatic carbocycles. The second-order valence-corrected chi connectivity index (χ2v) is 15.5. The Hall–Kier alpha value is -4.20. The van der Waals surface area contributed by atoms with Crippen molar-refractivity contribution in [3.05, 3.63) is 47.5 Å². The molecule has 6 rings (SSSR count). The Bertz CT molecular complexity index is 1660. The summed E-state index contributed by atoms with van der Waals surface area (Å²) in [4.78, 5) is 59.1. The molecule has 1 heterocycles. The standard InChI is InChI=1S/C39H55N5O8/c1-21-29-17-26(39(29,3)4)18-30(21)42-38(50)35-34(22(2)45)31(19-41-32(46)12-13-33(47)48)52-44(35)20-23-10-9-11-28(36(23)51-8)24-14-25(37(49)40-5)16-27(15-24)43(6)7/h9-11,14-16,21-22,26,29-31,34-35,45H,12-13,17-20H2,1-8H3,(H,40,49)(H,41,46)(H,42,50)(H,47,48)/t21-,22-,26-,29+,30-,31-,34+,35-/m0/s1. The topological polar surface area (TPSA) is 170 Å². The number of carbonyl (C=O) groups excluding carboxylic acids is 3. The van der Waals surface area contributed by atoms with Crippen molar-refractivity contribution in [2.24, 2.45) is 29.1 Å². The maximum absolute atomic E-state index is 14.4. The molecular formula is C39H55N5O8. The second-order valence-electron chi connectivity index (χ2n) is 15.5. The lowest BCUT2D eigenvalue weighted by atomic mass is 9.45. The van der Waals surface area contributed by atoms with E-state index >= 15 is 0 Å². The van der Waals surface area contributed by atoms with Gasteiger partial charge in [-0.2, -0.15) is 5.06 Å². The molecule has 3 amide bonds. The van der Waals surface area contributed by atoms with Gasteiger partial charge in [-0.3, -0.25) is 24.0 Å². The number of nitrogens with one attached hydrogen (secondary N) is 3. The molecule has 13 heteroatoms. The van der Waals surface area contributed by atoms with Gasteiger partial charge < -0.3 is 35.8 Å². The minimum absolute atomic E-state index is 0.0214. The van der Waals surface area contributed by atoms with E-state index in [0.29, 0.717) is 28.7 Å². The molecule has 8 atom stereocenters. The normalized spacial score (nSPS) is 26.8. The van der Waals surface area contributed by atoms with Gasteiger partial charge in [0, 0.05) is 68.4 Å². The van der Waals surface area contributed by atoms with Crippen LogP contribution < -0.4 is 25.6 Å². The number of carboxylic acid groups (broad SMARTS) is 1. The number of hydrogen-bond donors (Lipinski definition) is 5. The van der Waals surface area contributed by atoms with Crippen molar-refractivity contribution in [2.45, 2.75) is 84.2 Å². The molecule has 0 radical (unpaired) electrons. The Morgan fingerprint density at radius 3 is 2.44 bits per heavy atom. The average Bonchev–Trinajstić information content (AvgIpc) is 3.47. The predicted molar refractivity (Wildman–Crippen MR) is 196 cm³/mol. The van der Waals surface area contributed by atoms with Crippen LogP contribution in [-0.2, 0) is 25.8 Å². The number of benzene rings is 2. The number of aliphatic hydroxyl groups is 1. The number of aliphatic hydroxyl groups excluding tert-OH is 1. The number of hydrogen-bond acceptors (Lipinski definition) is 9. The van der Waals surface area contributed by atoms with Crippen LogP contribution in [0.2, 0.25) is 0 Å². The fourth-order valence-electron chi connectivity index (χ4n) is 8.67. The van der Waals surface area contributed by atoms with Crippen LogP contribution in [-0.4, -0.2) is 98.1 Å². The molecule has 1 saturated heterocycles. The van der Waals surface area contributed by atoms with E-state index in [0.717, 1.165) is 29.7 Å². The molecule has 4 fully saturated rings. The first-order valence-electron chi connectivity index (χ1n) is 18.2. The number of carboxylic acids is 1. The van der Waals surface area contributed by atoms with Crippen LogP contribution in [0.25, 0.3) is 11.1 Å². The smallest absolute Gasteiger partial charge is 0.303 e. The van der Waals surface area contributed by atoms with Gasteiger partial charge in [0.2, 0.25) is 11.8 Å². The summed E-state index contributed by atoms with van der Waals surface area (Å²) in [7, 11) is 6.95. The van der Waals surface area contributed by atoms with Crippen molar-refractivity contribution in [1.82, 2.24) is 21.0 Å². The van der Waals surface area contributed by atoms with Gasteiger partial charge in [0.05, 0.1) is 26.2 Å². The van der Waals surface area contributed by atoms with Crippen molar-refractivity contribution < 1.29 is 39.0 Å². The maximum atomic E-state index is 14.4. The van der Waals surface area contributed by atoms with Crippen LogP contribution in [0.15, 0.2) is 36.4 Å². The molecular weight excluding hydrogens is 666 g/mol. The second kappa shape index (κ2) is 15.8. The zero-order valence-electron chi connectivity index (χ0n) is 31.6. The fraction of sp³-hybridized carbons (Fsp3) is 0.590. The van der Waals surface area contributed by atoms with Crippen molar-refractivity contribution in [1.29, 1.82) is 0 Å². The van der Waals surface area contributed by atoms with Gasteiger partial charge in [-0.25, -0.2) is 0 Å². The summed E-state index contributed by atoms with van der Waals surface area (Å²) < 4.78 is 6.01. The van der Waals surface area contributed by atoms with Crippen LogP contribution in [0.5, 0.6) is 5.75 Å². The Labute approximate surface area is 306 Å². The molecule has 2 bridgehead atoms. The number of para-hydroxylation sites is 1. The minimum atomic E-state index is -1.08. The van der Waals surface area contributed by atoms with Gasteiger partial charge in [0.25, 0.3) is 5.91 Å². The van der Waals surface area contributed by atoms with E-state index in [1.807, 2.05) is 49.3 Å². The Morgan fingerprint density at radius 1 is 1.12 bits per heavy atom. The molecule has 4 aliphatic rings. The number of amides is 3. The van der Waals surface area contributed by atoms with Crippen LogP contribution in [0.3, 0.4) is 0 Å². The van der Waals surface area contributed by atoms with Gasteiger partial charge in [-0.15, -0.1) is 0 Å². The minimum Gasteiger partial charge on any atom is -0.496 e. The van der Waals surface area contributed by atoms with Crippen molar-refractivity contribution in [3.8, 4) is 16.9 Å². The monoisotopic (exact) mass is 721 g/mol. The Balaban J connectivity index is 1.48. The summed E-state index contributed by atoms with van der Waals surface area (Å²) in [5.74, 6) is -0.889. The van der Waals surface area contributed by atoms with Gasteiger partial charge in [0.15, 0.2) is 0 Å². The number of rotatable bonds is 14. The highest BCUT2D eigenvalue weighted by Crippen LogP contribution is 2.61. The number of methoxy groups -OCH3 is 1. The molecule has 13 nitrogen and oxygen atoms in total. The first kappa shape index (κ1) is 39.0. The van der Waals surface area contributed by atoms with E-state index in [1.54, 1.807) is 32.2 Å². The molecule has 3 saturated carbocycles. The van der Waals surface area contributed by atoms with E-state index < -0.39 is 36.0 Å². The number of aliphatic carboxylic acids is 1. The molecule has 0 aromatic heterocycles. The maximum Gasteiger partial charge on any atom is 0.303 e. The lowest BCUT2D eigenvalue weighted by Gasteiger charge is -2.62. The predicted octanol–water partition coefficient (Wildman–Crippen LogP) is 3.44. The first-order chi connectivity index (χ1) is 24.6. The Kier molecular flexibility index (Phi) is 11.9. The number of carbonyl (C=O) groups is 4. The molecule has 52 heavy (non-hydrogen) atoms. The summed E-state index contributed by atoms with van der Waals surface area (Å²) in [5.41, 5.74) is 3.76. The summed E-state index contributed by atoms with van der Waals surface area (Å²) in [5, 5.41) is 30.5. The highest BCUT2D eigenvalue weighted by molar-refractivity contribution is 5.97. The third kappa shape index (κ3) is 7.91. The number of fused-ring (bicyclic) bond motifs is 2. The van der Waals surface area contributed by atoms with Crippen LogP contribution >= 0.6 is 0 Å². The molecule has 0 spiro atoms. The summed E-state index contributed by atoms with van der Waals surface area (Å²) in [6, 6.07) is 10.3. The van der Waals surface area contributed by atoms with Crippen LogP contribution in [0, 0.1) is 29.1 Å². The van der Waals surface area contributed by atoms with Gasteiger partial charge in [0.1, 0.15) is 17.9 Å². The Morgan fingerprint density at radius 2 is 1.85 bits per heavy atom. The van der Waals surface area contributed by atoms with Crippen LogP contribution in [0.4, 0.5) is 5.69 Å². The molecule has 2 aromatic rings. The number of anilines is 1. The van der Waals surface area contributed by atoms with Crippen molar-refractivity contribution in [2.75, 3.05) is 39.7 Å². The lowest BCUT2D eigenvalue weighted by Crippen LogP contribution is -2.62. The van der Waals surface area contributed by atoms with E-state index in [9.17, 15) is 24.3 Å². The highest BCUT2D eigenvalue weighted by Gasteiger charge is 2.57. The van der Waals surface area contributed by atoms with E-state index in [2.05, 4.69) is 36.7 Å². The van der Waals surface area contributed by atoms with Gasteiger partial charge in [-0.1, -0.05) is 39.0 Å². The van der Waals surface area contributed by atoms with Crippen LogP contribution in [0.1, 0.15) is 69.3 Å². The first-order valence-corrected chi connectivity index (χ1v) is 18.2. The van der Waals surface area contributed by atoms with E-state index in [-0.39, 0.29) is 55.1 Å². The number of ether oxygens (including phenoxy) is 1. The molecule has 0 unspecified atom stereocenters. The zero-order chi connectivity index (χ0) is 38.1. The van der Waals surface area contributed by atoms with Gasteiger partial charge in [-0.05, 0) is 66.7 Å². The summed E-state index contributed by atoms with van der Waals surface area (Å²) in [6.07, 6.45) is -0.229. The van der Waals surface area contributed by atoms with E-state index in [1.165, 1.54) is 0 Å². The van der Waals surface area contributed by atoms with E-state index in [4.69, 9.17) is 14.7 Å². The third-order valence-electron chi connectivity index (χ3n) is 11.8. The molecule has 1 aliphatic heterocycles. The quantitative estimate of drug-likeness (QED) is 0.195. The molecule has 5 N–H and O–H groups in total. The molecule has 284 valence electrons. The summed E-state index contributed by atoms with van der Waals surface area (Å²) >= 11 is 0. The van der Waals surface area contributed by atoms with Gasteiger partial charge >= 0.3 is 5.97 Å². The number of hydroxylamine groups is 2. The summed E-state index contributed by atoms with van der Waals surface area (Å²) in [6.45, 7) is 8.52. The highest BCUT2D eigenvalue weighted by atomic mass is 16.7. The SMILES string of the molecule is CNC(=O)c1cc(-c2cccc(CN3O[C@@H](CNC(=O)CCC(=O)O)[C@@H]([C@H](C)O)[C@H]3C(=O)N[C@H]3C[C@@H]4C[C@H]([C@@H]3C)C4(C)C)c2OC)cc(N(C)C)c1. The largest absolute Gasteiger partial charge is 0.496 e. The third-order valence-corrected chi connectivity index (χ3v) is 11.8. The van der Waals surface area contributed by atoms with Crippen molar-refractivity contribution >= 4 is 29.4 Å². The molecule has 2 aromatic carbocycles. The lowest BCUT2D eigenvalue weighted by molar-refractivity contribution is -0.177. The number of nitrogens with zero attached hydrogens (tertiary/aromatic N) is 2. The fourth-order valence-corrected chi connectivity index (χ4v) is 8.67. The zero-order valence-corrected chi connectivity index (χ0v) is 31.6.